The molecular weight excluding hydrogens is 336 g/mol. The van der Waals surface area contributed by atoms with Crippen molar-refractivity contribution < 1.29 is 4.79 Å². The van der Waals surface area contributed by atoms with Gasteiger partial charge in [-0.3, -0.25) is 4.79 Å². The molecule has 20 heavy (non-hydrogen) atoms. The molecule has 1 saturated carbocycles. The Balaban J connectivity index is 1.64. The number of thiophene rings is 1. The predicted octanol–water partition coefficient (Wildman–Crippen LogP) is 4.01. The first kappa shape index (κ1) is 13.6. The van der Waals surface area contributed by atoms with E-state index in [0.29, 0.717) is 11.6 Å². The molecule has 3 rings (SSSR count). The maximum atomic E-state index is 12.0. The molecule has 0 aliphatic heterocycles. The Bertz CT molecular complexity index is 622. The van der Waals surface area contributed by atoms with Gasteiger partial charge >= 0.3 is 0 Å². The smallest absolute Gasteiger partial charge is 0.251 e. The maximum Gasteiger partial charge on any atom is 0.251 e. The molecule has 1 aromatic heterocycles. The predicted molar refractivity (Wildman–Crippen MR) is 86.3 cm³/mol. The van der Waals surface area contributed by atoms with Crippen LogP contribution in [0.2, 0.25) is 0 Å². The van der Waals surface area contributed by atoms with Crippen LogP contribution in [0.3, 0.4) is 0 Å². The monoisotopic (exact) mass is 350 g/mol. The summed E-state index contributed by atoms with van der Waals surface area (Å²) in [7, 11) is 0. The Morgan fingerprint density at radius 3 is 2.90 bits per heavy atom. The van der Waals surface area contributed by atoms with Crippen molar-refractivity contribution in [3.05, 3.63) is 50.6 Å². The summed E-state index contributed by atoms with van der Waals surface area (Å²) in [6.07, 6.45) is 2.21. The van der Waals surface area contributed by atoms with Gasteiger partial charge in [0.2, 0.25) is 0 Å². The third-order valence-electron chi connectivity index (χ3n) is 3.18. The molecule has 1 amide bonds. The molecule has 1 fully saturated rings. The van der Waals surface area contributed by atoms with Gasteiger partial charge in [0.1, 0.15) is 0 Å². The first-order chi connectivity index (χ1) is 9.72. The summed E-state index contributed by atoms with van der Waals surface area (Å²) in [5.41, 5.74) is 1.68. The quantitative estimate of drug-likeness (QED) is 0.855. The molecule has 1 aliphatic rings. The molecule has 0 atom stereocenters. The van der Waals surface area contributed by atoms with E-state index in [1.807, 2.05) is 30.3 Å². The number of anilines is 1. The average Bonchev–Trinajstić information content (AvgIpc) is 3.17. The number of carbonyl (C=O) groups excluding carboxylic acids is 1. The Morgan fingerprint density at radius 1 is 1.35 bits per heavy atom. The van der Waals surface area contributed by atoms with Crippen molar-refractivity contribution in [2.45, 2.75) is 25.4 Å². The second kappa shape index (κ2) is 5.97. The van der Waals surface area contributed by atoms with Gasteiger partial charge in [0.05, 0.1) is 6.54 Å². The zero-order chi connectivity index (χ0) is 13.9. The summed E-state index contributed by atoms with van der Waals surface area (Å²) < 4.78 is 1.12. The molecule has 0 saturated heterocycles. The van der Waals surface area contributed by atoms with Crippen LogP contribution in [0.25, 0.3) is 0 Å². The fourth-order valence-electron chi connectivity index (χ4n) is 1.90. The molecule has 104 valence electrons. The lowest BCUT2D eigenvalue weighted by Crippen LogP contribution is -2.25. The van der Waals surface area contributed by atoms with Gasteiger partial charge in [-0.05, 0) is 58.4 Å². The fraction of sp³-hybridized carbons (Fsp3) is 0.267. The standard InChI is InChI=1S/C15H15BrN2OS/c16-13-6-7-20-14(13)9-17-12-3-1-2-10(8-12)15(19)18-11-4-5-11/h1-3,6-8,11,17H,4-5,9H2,(H,18,19). The molecule has 1 aromatic carbocycles. The molecule has 0 radical (unpaired) electrons. The van der Waals surface area contributed by atoms with Crippen LogP contribution >= 0.6 is 27.3 Å². The Labute approximate surface area is 130 Å². The number of benzene rings is 1. The molecule has 2 aromatic rings. The van der Waals surface area contributed by atoms with Crippen LogP contribution in [0.15, 0.2) is 40.2 Å². The molecule has 5 heteroatoms. The van der Waals surface area contributed by atoms with Crippen molar-refractivity contribution in [1.82, 2.24) is 5.32 Å². The molecule has 2 N–H and O–H groups in total. The van der Waals surface area contributed by atoms with Crippen LogP contribution in [0, 0.1) is 0 Å². The Morgan fingerprint density at radius 2 is 2.20 bits per heavy atom. The summed E-state index contributed by atoms with van der Waals surface area (Å²) in [6, 6.07) is 10.1. The van der Waals surface area contributed by atoms with Crippen molar-refractivity contribution in [2.75, 3.05) is 5.32 Å². The summed E-state index contributed by atoms with van der Waals surface area (Å²) in [4.78, 5) is 13.2. The van der Waals surface area contributed by atoms with Crippen LogP contribution in [-0.4, -0.2) is 11.9 Å². The average molecular weight is 351 g/mol. The first-order valence-electron chi connectivity index (χ1n) is 6.59. The Hall–Kier alpha value is -1.33. The van der Waals surface area contributed by atoms with Crippen molar-refractivity contribution in [3.63, 3.8) is 0 Å². The van der Waals surface area contributed by atoms with Gasteiger partial charge in [-0.1, -0.05) is 6.07 Å². The minimum absolute atomic E-state index is 0.0217. The highest BCUT2D eigenvalue weighted by Crippen LogP contribution is 2.24. The maximum absolute atomic E-state index is 12.0. The summed E-state index contributed by atoms with van der Waals surface area (Å²) in [6.45, 7) is 0.756. The zero-order valence-electron chi connectivity index (χ0n) is 10.9. The fourth-order valence-corrected chi connectivity index (χ4v) is 3.33. The van der Waals surface area contributed by atoms with Crippen LogP contribution < -0.4 is 10.6 Å². The van der Waals surface area contributed by atoms with E-state index in [0.717, 1.165) is 29.5 Å². The largest absolute Gasteiger partial charge is 0.380 e. The van der Waals surface area contributed by atoms with E-state index in [1.165, 1.54) is 4.88 Å². The van der Waals surface area contributed by atoms with Crippen molar-refractivity contribution >= 4 is 38.9 Å². The summed E-state index contributed by atoms with van der Waals surface area (Å²) in [5.74, 6) is 0.0217. The van der Waals surface area contributed by atoms with Crippen LogP contribution in [-0.2, 0) is 6.54 Å². The van der Waals surface area contributed by atoms with E-state index in [4.69, 9.17) is 0 Å². The van der Waals surface area contributed by atoms with Gasteiger partial charge in [0.25, 0.3) is 5.91 Å². The number of rotatable bonds is 5. The molecule has 0 bridgehead atoms. The molecule has 3 nitrogen and oxygen atoms in total. The lowest BCUT2D eigenvalue weighted by atomic mass is 10.2. The molecule has 0 unspecified atom stereocenters. The zero-order valence-corrected chi connectivity index (χ0v) is 13.3. The molecule has 0 spiro atoms. The van der Waals surface area contributed by atoms with Gasteiger partial charge in [0.15, 0.2) is 0 Å². The van der Waals surface area contributed by atoms with Gasteiger partial charge < -0.3 is 10.6 Å². The van der Waals surface area contributed by atoms with Crippen molar-refractivity contribution in [3.8, 4) is 0 Å². The normalized spacial score (nSPS) is 14.1. The first-order valence-corrected chi connectivity index (χ1v) is 8.26. The number of hydrogen-bond acceptors (Lipinski definition) is 3. The summed E-state index contributed by atoms with van der Waals surface area (Å²) in [5, 5.41) is 8.41. The third kappa shape index (κ3) is 3.41. The number of nitrogens with one attached hydrogen (secondary N) is 2. The third-order valence-corrected chi connectivity index (χ3v) is 5.11. The van der Waals surface area contributed by atoms with Crippen LogP contribution in [0.1, 0.15) is 28.1 Å². The minimum Gasteiger partial charge on any atom is -0.380 e. The van der Waals surface area contributed by atoms with Gasteiger partial charge in [-0.2, -0.15) is 0 Å². The number of hydrogen-bond donors (Lipinski definition) is 2. The van der Waals surface area contributed by atoms with Crippen molar-refractivity contribution in [2.24, 2.45) is 0 Å². The van der Waals surface area contributed by atoms with E-state index >= 15 is 0 Å². The lowest BCUT2D eigenvalue weighted by Gasteiger charge is -2.08. The molecular formula is C15H15BrN2OS. The number of amides is 1. The van der Waals surface area contributed by atoms with Crippen molar-refractivity contribution in [1.29, 1.82) is 0 Å². The Kier molecular flexibility index (Phi) is 4.08. The van der Waals surface area contributed by atoms with Gasteiger partial charge in [-0.15, -0.1) is 11.3 Å². The minimum atomic E-state index is 0.0217. The van der Waals surface area contributed by atoms with Gasteiger partial charge in [-0.25, -0.2) is 0 Å². The van der Waals surface area contributed by atoms with Crippen LogP contribution in [0.5, 0.6) is 0 Å². The second-order valence-electron chi connectivity index (χ2n) is 4.87. The topological polar surface area (TPSA) is 41.1 Å². The molecule has 1 heterocycles. The van der Waals surface area contributed by atoms with E-state index in [2.05, 4.69) is 31.9 Å². The highest BCUT2D eigenvalue weighted by molar-refractivity contribution is 9.10. The van der Waals surface area contributed by atoms with E-state index in [-0.39, 0.29) is 5.91 Å². The highest BCUT2D eigenvalue weighted by atomic mass is 79.9. The number of halogens is 1. The van der Waals surface area contributed by atoms with E-state index in [9.17, 15) is 4.79 Å². The van der Waals surface area contributed by atoms with Crippen LogP contribution in [0.4, 0.5) is 5.69 Å². The molecule has 1 aliphatic carbocycles. The summed E-state index contributed by atoms with van der Waals surface area (Å²) >= 11 is 5.23. The van der Waals surface area contributed by atoms with Gasteiger partial charge in [0, 0.05) is 26.6 Å². The number of carbonyl (C=O) groups is 1. The lowest BCUT2D eigenvalue weighted by molar-refractivity contribution is 0.0951. The second-order valence-corrected chi connectivity index (χ2v) is 6.73. The highest BCUT2D eigenvalue weighted by Gasteiger charge is 2.23. The SMILES string of the molecule is O=C(NC1CC1)c1cccc(NCc2sccc2Br)c1. The van der Waals surface area contributed by atoms with E-state index < -0.39 is 0 Å². The van der Waals surface area contributed by atoms with E-state index in [1.54, 1.807) is 11.3 Å².